The van der Waals surface area contributed by atoms with Gasteiger partial charge in [-0.25, -0.2) is 0 Å². The molecular weight excluding hydrogens is 282 g/mol. The molecule has 5 heteroatoms. The van der Waals surface area contributed by atoms with Gasteiger partial charge in [0.1, 0.15) is 5.75 Å². The van der Waals surface area contributed by atoms with Gasteiger partial charge in [0.15, 0.2) is 0 Å². The summed E-state index contributed by atoms with van der Waals surface area (Å²) in [7, 11) is 1.94. The van der Waals surface area contributed by atoms with Crippen molar-refractivity contribution in [3.05, 3.63) is 53.3 Å². The summed E-state index contributed by atoms with van der Waals surface area (Å²) < 4.78 is 6.73. The van der Waals surface area contributed by atoms with Gasteiger partial charge in [-0.2, -0.15) is 0 Å². The fourth-order valence-corrected chi connectivity index (χ4v) is 3.17. The van der Waals surface area contributed by atoms with Gasteiger partial charge in [-0.15, -0.1) is 11.3 Å². The lowest BCUT2D eigenvalue weighted by Crippen LogP contribution is -2.18. The van der Waals surface area contributed by atoms with Gasteiger partial charge in [-0.3, -0.25) is 9.97 Å². The van der Waals surface area contributed by atoms with Crippen LogP contribution in [0.2, 0.25) is 0 Å². The van der Waals surface area contributed by atoms with Crippen molar-refractivity contribution < 1.29 is 4.74 Å². The first-order chi connectivity index (χ1) is 10.3. The average molecular weight is 299 g/mol. The highest BCUT2D eigenvalue weighted by Gasteiger charge is 2.14. The normalized spacial score (nSPS) is 12.5. The zero-order chi connectivity index (χ0) is 14.7. The van der Waals surface area contributed by atoms with Gasteiger partial charge in [0.2, 0.25) is 0 Å². The molecule has 0 aromatic carbocycles. The summed E-state index contributed by atoms with van der Waals surface area (Å²) in [6, 6.07) is 6.30. The van der Waals surface area contributed by atoms with Gasteiger partial charge in [0.25, 0.3) is 0 Å². The number of pyridine rings is 2. The minimum absolute atomic E-state index is 0.0527. The quantitative estimate of drug-likeness (QED) is 0.784. The molecule has 0 aliphatic carbocycles. The van der Waals surface area contributed by atoms with E-state index in [-0.39, 0.29) is 6.04 Å². The van der Waals surface area contributed by atoms with E-state index in [9.17, 15) is 0 Å². The number of nitrogens with one attached hydrogen (secondary N) is 1. The van der Waals surface area contributed by atoms with Crippen LogP contribution in [-0.4, -0.2) is 23.6 Å². The second-order valence-corrected chi connectivity index (χ2v) is 5.63. The molecule has 0 spiro atoms. The van der Waals surface area contributed by atoms with E-state index in [2.05, 4.69) is 26.7 Å². The first kappa shape index (κ1) is 14.0. The Morgan fingerprint density at radius 1 is 1.24 bits per heavy atom. The molecular formula is C16H17N3OS. The van der Waals surface area contributed by atoms with E-state index in [1.54, 1.807) is 17.5 Å². The van der Waals surface area contributed by atoms with Crippen LogP contribution >= 0.6 is 11.3 Å². The third kappa shape index (κ3) is 2.89. The minimum Gasteiger partial charge on any atom is -0.492 e. The van der Waals surface area contributed by atoms with E-state index in [4.69, 9.17) is 4.74 Å². The second kappa shape index (κ2) is 6.20. The molecule has 108 valence electrons. The molecule has 3 aromatic rings. The van der Waals surface area contributed by atoms with Crippen LogP contribution in [0.25, 0.3) is 10.2 Å². The summed E-state index contributed by atoms with van der Waals surface area (Å²) in [6.07, 6.45) is 5.52. The highest BCUT2D eigenvalue weighted by atomic mass is 32.1. The lowest BCUT2D eigenvalue weighted by Gasteiger charge is -2.17. The smallest absolute Gasteiger partial charge is 0.137 e. The summed E-state index contributed by atoms with van der Waals surface area (Å²) >= 11 is 1.71. The van der Waals surface area contributed by atoms with Crippen molar-refractivity contribution >= 4 is 21.6 Å². The predicted molar refractivity (Wildman–Crippen MR) is 85.9 cm³/mol. The van der Waals surface area contributed by atoms with Crippen LogP contribution in [0.1, 0.15) is 24.1 Å². The Morgan fingerprint density at radius 2 is 2.10 bits per heavy atom. The van der Waals surface area contributed by atoms with Crippen LogP contribution in [0, 0.1) is 0 Å². The zero-order valence-electron chi connectivity index (χ0n) is 12.0. The number of thiophene rings is 1. The molecule has 3 rings (SSSR count). The minimum atomic E-state index is 0.0527. The van der Waals surface area contributed by atoms with Gasteiger partial charge in [0.05, 0.1) is 29.1 Å². The zero-order valence-corrected chi connectivity index (χ0v) is 12.9. The highest BCUT2D eigenvalue weighted by molar-refractivity contribution is 7.17. The summed E-state index contributed by atoms with van der Waals surface area (Å²) in [4.78, 5) is 8.78. The number of hydrogen-bond acceptors (Lipinski definition) is 5. The van der Waals surface area contributed by atoms with Crippen LogP contribution in [0.5, 0.6) is 5.75 Å². The fourth-order valence-electron chi connectivity index (χ4n) is 2.38. The average Bonchev–Trinajstić information content (AvgIpc) is 2.96. The van der Waals surface area contributed by atoms with Crippen LogP contribution in [0.4, 0.5) is 0 Å². The third-order valence-corrected chi connectivity index (χ3v) is 4.18. The van der Waals surface area contributed by atoms with E-state index in [0.29, 0.717) is 6.61 Å². The Bertz CT molecular complexity index is 741. The van der Waals surface area contributed by atoms with Crippen molar-refractivity contribution in [3.8, 4) is 5.75 Å². The maximum atomic E-state index is 5.53. The monoisotopic (exact) mass is 299 g/mol. The molecule has 0 aliphatic rings. The summed E-state index contributed by atoms with van der Waals surface area (Å²) in [6.45, 7) is 2.61. The fraction of sp³-hybridized carbons (Fsp3) is 0.250. The molecule has 4 nitrogen and oxygen atoms in total. The SMILES string of the molecule is CCOc1cncc(C(NC)c2cnc3ccsc3c2)c1. The third-order valence-electron chi connectivity index (χ3n) is 3.32. The van der Waals surface area contributed by atoms with Gasteiger partial charge in [-0.05, 0) is 48.7 Å². The molecule has 0 fully saturated rings. The van der Waals surface area contributed by atoms with Crippen molar-refractivity contribution in [1.82, 2.24) is 15.3 Å². The Kier molecular flexibility index (Phi) is 4.13. The van der Waals surface area contributed by atoms with Gasteiger partial charge >= 0.3 is 0 Å². The maximum Gasteiger partial charge on any atom is 0.137 e. The van der Waals surface area contributed by atoms with Crippen molar-refractivity contribution in [1.29, 1.82) is 0 Å². The number of fused-ring (bicyclic) bond motifs is 1. The first-order valence-electron chi connectivity index (χ1n) is 6.90. The van der Waals surface area contributed by atoms with E-state index < -0.39 is 0 Å². The number of ether oxygens (including phenoxy) is 1. The predicted octanol–water partition coefficient (Wildman–Crippen LogP) is 3.40. The van der Waals surface area contributed by atoms with E-state index >= 15 is 0 Å². The highest BCUT2D eigenvalue weighted by Crippen LogP contribution is 2.27. The lowest BCUT2D eigenvalue weighted by molar-refractivity contribution is 0.338. The maximum absolute atomic E-state index is 5.53. The molecule has 1 atom stereocenters. The molecule has 0 radical (unpaired) electrons. The topological polar surface area (TPSA) is 47.0 Å². The Morgan fingerprint density at radius 3 is 2.90 bits per heavy atom. The van der Waals surface area contributed by atoms with Crippen LogP contribution in [0.15, 0.2) is 42.2 Å². The number of hydrogen-bond donors (Lipinski definition) is 1. The van der Waals surface area contributed by atoms with Crippen molar-refractivity contribution in [2.24, 2.45) is 0 Å². The van der Waals surface area contributed by atoms with Crippen LogP contribution in [-0.2, 0) is 0 Å². The van der Waals surface area contributed by atoms with Crippen molar-refractivity contribution in [2.45, 2.75) is 13.0 Å². The van der Waals surface area contributed by atoms with Gasteiger partial charge in [0, 0.05) is 12.4 Å². The molecule has 0 amide bonds. The molecule has 0 saturated carbocycles. The van der Waals surface area contributed by atoms with Crippen LogP contribution in [0.3, 0.4) is 0 Å². The van der Waals surface area contributed by atoms with E-state index in [0.717, 1.165) is 22.4 Å². The molecule has 3 aromatic heterocycles. The number of nitrogens with zero attached hydrogens (tertiary/aromatic N) is 2. The lowest BCUT2D eigenvalue weighted by atomic mass is 10.0. The van der Waals surface area contributed by atoms with Crippen molar-refractivity contribution in [2.75, 3.05) is 13.7 Å². The molecule has 1 N–H and O–H groups in total. The van der Waals surface area contributed by atoms with E-state index in [1.807, 2.05) is 38.5 Å². The van der Waals surface area contributed by atoms with E-state index in [1.165, 1.54) is 4.70 Å². The molecule has 1 unspecified atom stereocenters. The van der Waals surface area contributed by atoms with Crippen molar-refractivity contribution in [3.63, 3.8) is 0 Å². The second-order valence-electron chi connectivity index (χ2n) is 4.68. The molecule has 3 heterocycles. The number of aromatic nitrogens is 2. The standard InChI is InChI=1S/C16H17N3OS/c1-3-20-13-6-11(8-18-10-13)16(17-2)12-7-15-14(19-9-12)4-5-21-15/h4-10,16-17H,3H2,1-2H3. The van der Waals surface area contributed by atoms with Gasteiger partial charge < -0.3 is 10.1 Å². The molecule has 21 heavy (non-hydrogen) atoms. The largest absolute Gasteiger partial charge is 0.492 e. The summed E-state index contributed by atoms with van der Waals surface area (Å²) in [5.74, 6) is 0.792. The molecule has 0 bridgehead atoms. The van der Waals surface area contributed by atoms with Gasteiger partial charge in [-0.1, -0.05) is 0 Å². The summed E-state index contributed by atoms with van der Waals surface area (Å²) in [5, 5.41) is 5.39. The molecule has 0 aliphatic heterocycles. The Hall–Kier alpha value is -1.98. The number of rotatable bonds is 5. The Balaban J connectivity index is 1.98. The summed E-state index contributed by atoms with van der Waals surface area (Å²) in [5.41, 5.74) is 3.24. The Labute approximate surface area is 127 Å². The first-order valence-corrected chi connectivity index (χ1v) is 7.78. The van der Waals surface area contributed by atoms with Crippen LogP contribution < -0.4 is 10.1 Å². The molecule has 0 saturated heterocycles.